The van der Waals surface area contributed by atoms with Crippen LogP contribution in [-0.4, -0.2) is 14.7 Å². The molecule has 0 saturated carbocycles. The van der Waals surface area contributed by atoms with Crippen LogP contribution in [0.3, 0.4) is 0 Å². The first kappa shape index (κ1) is 12.6. The molecule has 3 nitrogen and oxygen atoms in total. The van der Waals surface area contributed by atoms with Gasteiger partial charge in [-0.2, -0.15) is 0 Å². The van der Waals surface area contributed by atoms with Crippen molar-refractivity contribution in [1.29, 1.82) is 0 Å². The minimum absolute atomic E-state index is 0.417. The van der Waals surface area contributed by atoms with E-state index < -0.39 is 6.10 Å². The molecule has 0 amide bonds. The summed E-state index contributed by atoms with van der Waals surface area (Å²) in [5.74, 6) is 1.01. The molecule has 0 aliphatic rings. The highest BCUT2D eigenvalue weighted by Gasteiger charge is 2.11. The van der Waals surface area contributed by atoms with Crippen LogP contribution in [0.2, 0.25) is 0 Å². The van der Waals surface area contributed by atoms with Crippen molar-refractivity contribution < 1.29 is 5.11 Å². The third-order valence-electron chi connectivity index (χ3n) is 2.83. The van der Waals surface area contributed by atoms with Crippen LogP contribution in [0, 0.1) is 3.57 Å². The van der Waals surface area contributed by atoms with Gasteiger partial charge in [0.25, 0.3) is 0 Å². The number of aromatic nitrogens is 2. The van der Waals surface area contributed by atoms with Crippen molar-refractivity contribution in [3.05, 3.63) is 51.6 Å². The third-order valence-corrected chi connectivity index (χ3v) is 3.81. The number of hydrogen-bond acceptors (Lipinski definition) is 2. The summed E-state index contributed by atoms with van der Waals surface area (Å²) < 4.78 is 3.10. The summed E-state index contributed by atoms with van der Waals surface area (Å²) in [4.78, 5) is 4.25. The standard InChI is InChI=1S/C13H15IN2O/c1-16-9-8-15-13(16)7-6-12(17)10-4-2-3-5-11(10)14/h2-5,8-9,12,17H,6-7H2,1H3. The van der Waals surface area contributed by atoms with E-state index in [1.807, 2.05) is 42.1 Å². The number of aryl methyl sites for hydroxylation is 2. The summed E-state index contributed by atoms with van der Waals surface area (Å²) >= 11 is 2.25. The molecule has 1 aromatic carbocycles. The van der Waals surface area contributed by atoms with Crippen molar-refractivity contribution in [3.8, 4) is 0 Å². The van der Waals surface area contributed by atoms with Crippen molar-refractivity contribution in [2.24, 2.45) is 7.05 Å². The number of aliphatic hydroxyl groups is 1. The Morgan fingerprint density at radius 3 is 2.82 bits per heavy atom. The maximum absolute atomic E-state index is 10.1. The predicted octanol–water partition coefficient (Wildman–Crippen LogP) is 2.69. The molecule has 0 aliphatic heterocycles. The SMILES string of the molecule is Cn1ccnc1CCC(O)c1ccccc1I. The van der Waals surface area contributed by atoms with E-state index in [2.05, 4.69) is 27.6 Å². The lowest BCUT2D eigenvalue weighted by atomic mass is 10.1. The number of hydrogen-bond donors (Lipinski definition) is 1. The fraction of sp³-hybridized carbons (Fsp3) is 0.308. The van der Waals surface area contributed by atoms with Crippen molar-refractivity contribution in [2.75, 3.05) is 0 Å². The van der Waals surface area contributed by atoms with Gasteiger partial charge in [0, 0.05) is 29.4 Å². The van der Waals surface area contributed by atoms with E-state index in [0.717, 1.165) is 21.4 Å². The van der Waals surface area contributed by atoms with Gasteiger partial charge in [-0.3, -0.25) is 0 Å². The van der Waals surface area contributed by atoms with Gasteiger partial charge in [-0.15, -0.1) is 0 Å². The molecule has 1 aromatic heterocycles. The Balaban J connectivity index is 2.01. The maximum Gasteiger partial charge on any atom is 0.108 e. The molecule has 2 rings (SSSR count). The topological polar surface area (TPSA) is 38.0 Å². The van der Waals surface area contributed by atoms with E-state index in [1.54, 1.807) is 6.20 Å². The summed E-state index contributed by atoms with van der Waals surface area (Å²) in [5, 5.41) is 10.1. The molecular weight excluding hydrogens is 327 g/mol. The molecule has 0 fully saturated rings. The monoisotopic (exact) mass is 342 g/mol. The molecule has 1 unspecified atom stereocenters. The molecule has 17 heavy (non-hydrogen) atoms. The largest absolute Gasteiger partial charge is 0.388 e. The first-order chi connectivity index (χ1) is 8.18. The number of rotatable bonds is 4. The predicted molar refractivity (Wildman–Crippen MR) is 75.6 cm³/mol. The molecule has 1 heterocycles. The lowest BCUT2D eigenvalue weighted by Gasteiger charge is -2.12. The molecule has 0 spiro atoms. The normalized spacial score (nSPS) is 12.6. The molecule has 0 radical (unpaired) electrons. The van der Waals surface area contributed by atoms with Gasteiger partial charge >= 0.3 is 0 Å². The van der Waals surface area contributed by atoms with E-state index in [4.69, 9.17) is 0 Å². The number of halogens is 1. The third kappa shape index (κ3) is 3.07. The van der Waals surface area contributed by atoms with Gasteiger partial charge in [-0.1, -0.05) is 18.2 Å². The zero-order valence-electron chi connectivity index (χ0n) is 9.68. The Kier molecular flexibility index (Phi) is 4.17. The van der Waals surface area contributed by atoms with Gasteiger partial charge in [-0.05, 0) is 40.6 Å². The van der Waals surface area contributed by atoms with Crippen LogP contribution < -0.4 is 0 Å². The Bertz CT molecular complexity index is 496. The highest BCUT2D eigenvalue weighted by molar-refractivity contribution is 14.1. The van der Waals surface area contributed by atoms with Crippen molar-refractivity contribution in [1.82, 2.24) is 9.55 Å². The summed E-state index contributed by atoms with van der Waals surface area (Å²) in [6.07, 6.45) is 4.78. The molecule has 2 aromatic rings. The molecule has 1 atom stereocenters. The zero-order valence-corrected chi connectivity index (χ0v) is 11.8. The van der Waals surface area contributed by atoms with Gasteiger partial charge in [0.05, 0.1) is 6.10 Å². The summed E-state index contributed by atoms with van der Waals surface area (Å²) in [5.41, 5.74) is 1.00. The summed E-state index contributed by atoms with van der Waals surface area (Å²) in [7, 11) is 1.97. The van der Waals surface area contributed by atoms with Gasteiger partial charge in [-0.25, -0.2) is 4.98 Å². The second kappa shape index (κ2) is 5.64. The Labute approximate surface area is 115 Å². The van der Waals surface area contributed by atoms with Crippen LogP contribution in [0.5, 0.6) is 0 Å². The quantitative estimate of drug-likeness (QED) is 0.868. The van der Waals surface area contributed by atoms with E-state index in [0.29, 0.717) is 6.42 Å². The number of nitrogens with zero attached hydrogens (tertiary/aromatic N) is 2. The van der Waals surface area contributed by atoms with Crippen molar-refractivity contribution in [2.45, 2.75) is 18.9 Å². The van der Waals surface area contributed by atoms with Crippen LogP contribution in [0.1, 0.15) is 23.9 Å². The Hall–Kier alpha value is -0.880. The smallest absolute Gasteiger partial charge is 0.108 e. The minimum atomic E-state index is -0.417. The van der Waals surface area contributed by atoms with Crippen LogP contribution in [0.25, 0.3) is 0 Å². The molecular formula is C13H15IN2O. The fourth-order valence-electron chi connectivity index (χ4n) is 1.80. The highest BCUT2D eigenvalue weighted by atomic mass is 127. The Morgan fingerprint density at radius 2 is 2.18 bits per heavy atom. The van der Waals surface area contributed by atoms with E-state index in [1.165, 1.54) is 0 Å². The second-order valence-corrected chi connectivity index (χ2v) is 5.19. The maximum atomic E-state index is 10.1. The molecule has 0 aliphatic carbocycles. The number of benzene rings is 1. The van der Waals surface area contributed by atoms with Crippen LogP contribution >= 0.6 is 22.6 Å². The van der Waals surface area contributed by atoms with Crippen molar-refractivity contribution >= 4 is 22.6 Å². The second-order valence-electron chi connectivity index (χ2n) is 4.03. The Morgan fingerprint density at radius 1 is 1.41 bits per heavy atom. The highest BCUT2D eigenvalue weighted by Crippen LogP contribution is 2.23. The van der Waals surface area contributed by atoms with Crippen LogP contribution in [0.4, 0.5) is 0 Å². The van der Waals surface area contributed by atoms with Crippen molar-refractivity contribution in [3.63, 3.8) is 0 Å². The molecule has 0 bridgehead atoms. The van der Waals surface area contributed by atoms with Gasteiger partial charge in [0.1, 0.15) is 5.82 Å². The first-order valence-corrected chi connectivity index (χ1v) is 6.65. The van der Waals surface area contributed by atoms with Crippen LogP contribution in [0.15, 0.2) is 36.7 Å². The summed E-state index contributed by atoms with van der Waals surface area (Å²) in [6, 6.07) is 7.93. The molecule has 4 heteroatoms. The molecule has 1 N–H and O–H groups in total. The van der Waals surface area contributed by atoms with Gasteiger partial charge in [0.15, 0.2) is 0 Å². The van der Waals surface area contributed by atoms with Gasteiger partial charge < -0.3 is 9.67 Å². The molecule has 90 valence electrons. The van der Waals surface area contributed by atoms with E-state index in [-0.39, 0.29) is 0 Å². The summed E-state index contributed by atoms with van der Waals surface area (Å²) in [6.45, 7) is 0. The minimum Gasteiger partial charge on any atom is -0.388 e. The number of aliphatic hydroxyl groups excluding tert-OH is 1. The lowest BCUT2D eigenvalue weighted by molar-refractivity contribution is 0.166. The average molecular weight is 342 g/mol. The van der Waals surface area contributed by atoms with E-state index in [9.17, 15) is 5.11 Å². The zero-order chi connectivity index (χ0) is 12.3. The average Bonchev–Trinajstić information content (AvgIpc) is 2.72. The molecule has 0 saturated heterocycles. The fourth-order valence-corrected chi connectivity index (χ4v) is 2.55. The number of imidazole rings is 1. The van der Waals surface area contributed by atoms with E-state index >= 15 is 0 Å². The first-order valence-electron chi connectivity index (χ1n) is 5.57. The van der Waals surface area contributed by atoms with Gasteiger partial charge in [0.2, 0.25) is 0 Å². The van der Waals surface area contributed by atoms with Crippen LogP contribution in [-0.2, 0) is 13.5 Å². The lowest BCUT2D eigenvalue weighted by Crippen LogP contribution is -2.04.